The predicted molar refractivity (Wildman–Crippen MR) is 120 cm³/mol. The Morgan fingerprint density at radius 2 is 1.39 bits per heavy atom. The third-order valence-electron chi connectivity index (χ3n) is 4.24. The highest BCUT2D eigenvalue weighted by atomic mass is 35.5. The maximum absolute atomic E-state index is 12.2. The second-order valence-corrected chi connectivity index (χ2v) is 7.25. The Morgan fingerprint density at radius 3 is 2.03 bits per heavy atom. The minimum atomic E-state index is -0.755. The van der Waals surface area contributed by atoms with Crippen LogP contribution in [0.15, 0.2) is 72.8 Å². The van der Waals surface area contributed by atoms with Crippen molar-refractivity contribution in [1.82, 2.24) is 5.32 Å². The van der Waals surface area contributed by atoms with Crippen LogP contribution in [-0.2, 0) is 14.3 Å². The molecule has 3 aromatic carbocycles. The number of carbonyl (C=O) groups is 3. The van der Waals surface area contributed by atoms with Gasteiger partial charge in [-0.25, -0.2) is 0 Å². The average Bonchev–Trinajstić information content (AvgIpc) is 2.79. The lowest BCUT2D eigenvalue weighted by Crippen LogP contribution is -2.32. The molecule has 0 saturated heterocycles. The van der Waals surface area contributed by atoms with E-state index < -0.39 is 24.4 Å². The number of esters is 1. The summed E-state index contributed by atoms with van der Waals surface area (Å²) in [4.78, 5) is 36.0. The molecule has 158 valence electrons. The molecule has 2 N–H and O–H groups in total. The second-order valence-electron chi connectivity index (χ2n) is 6.43. The molecule has 31 heavy (non-hydrogen) atoms. The van der Waals surface area contributed by atoms with Crippen molar-refractivity contribution < 1.29 is 19.1 Å². The first-order valence-electron chi connectivity index (χ1n) is 9.27. The molecule has 0 atom stereocenters. The van der Waals surface area contributed by atoms with Crippen molar-refractivity contribution in [1.29, 1.82) is 0 Å². The highest BCUT2D eigenvalue weighted by molar-refractivity contribution is 6.39. The van der Waals surface area contributed by atoms with Crippen molar-refractivity contribution in [3.05, 3.63) is 88.4 Å². The lowest BCUT2D eigenvalue weighted by molar-refractivity contribution is -0.146. The zero-order valence-corrected chi connectivity index (χ0v) is 17.7. The van der Waals surface area contributed by atoms with E-state index in [2.05, 4.69) is 10.6 Å². The lowest BCUT2D eigenvalue weighted by atomic mass is 10.0. The molecule has 0 bridgehead atoms. The Balaban J connectivity index is 1.45. The second kappa shape index (κ2) is 10.6. The van der Waals surface area contributed by atoms with Gasteiger partial charge in [0, 0.05) is 5.56 Å². The molecule has 6 nitrogen and oxygen atoms in total. The molecule has 0 aliphatic carbocycles. The number of hydrogen-bond acceptors (Lipinski definition) is 4. The fraction of sp³-hybridized carbons (Fsp3) is 0.0870. The summed E-state index contributed by atoms with van der Waals surface area (Å²) in [6, 6.07) is 21.5. The van der Waals surface area contributed by atoms with Crippen LogP contribution in [0, 0.1) is 0 Å². The molecule has 0 radical (unpaired) electrons. The number of para-hydroxylation sites is 1. The van der Waals surface area contributed by atoms with E-state index in [1.165, 1.54) is 0 Å². The summed E-state index contributed by atoms with van der Waals surface area (Å²) in [5.41, 5.74) is 2.65. The van der Waals surface area contributed by atoms with E-state index in [1.54, 1.807) is 30.3 Å². The topological polar surface area (TPSA) is 84.5 Å². The first-order valence-corrected chi connectivity index (χ1v) is 10.0. The summed E-state index contributed by atoms with van der Waals surface area (Å²) < 4.78 is 4.87. The van der Waals surface area contributed by atoms with Crippen LogP contribution >= 0.6 is 23.2 Å². The van der Waals surface area contributed by atoms with Crippen molar-refractivity contribution in [2.24, 2.45) is 0 Å². The van der Waals surface area contributed by atoms with Crippen LogP contribution in [0.5, 0.6) is 0 Å². The molecule has 8 heteroatoms. The maximum atomic E-state index is 12.2. The number of amides is 2. The number of halogens is 2. The van der Waals surface area contributed by atoms with Crippen LogP contribution in [0.4, 0.5) is 5.69 Å². The molecule has 0 fully saturated rings. The van der Waals surface area contributed by atoms with Crippen LogP contribution in [0.2, 0.25) is 10.0 Å². The highest BCUT2D eigenvalue weighted by Crippen LogP contribution is 2.29. The molecule has 0 heterocycles. The largest absolute Gasteiger partial charge is 0.454 e. The summed E-state index contributed by atoms with van der Waals surface area (Å²) in [5.74, 6) is -1.79. The van der Waals surface area contributed by atoms with Crippen LogP contribution in [-0.4, -0.2) is 30.9 Å². The molecule has 3 aromatic rings. The molecular weight excluding hydrogens is 439 g/mol. The summed E-state index contributed by atoms with van der Waals surface area (Å²) >= 11 is 11.9. The minimum absolute atomic E-state index is 0.235. The van der Waals surface area contributed by atoms with Gasteiger partial charge in [-0.2, -0.15) is 0 Å². The number of nitrogens with one attached hydrogen (secondary N) is 2. The third-order valence-corrected chi connectivity index (χ3v) is 4.87. The van der Waals surface area contributed by atoms with E-state index in [1.807, 2.05) is 42.5 Å². The summed E-state index contributed by atoms with van der Waals surface area (Å²) in [5, 5.41) is 5.46. The maximum Gasteiger partial charge on any atom is 0.325 e. The third kappa shape index (κ3) is 6.31. The molecule has 2 amide bonds. The first-order chi connectivity index (χ1) is 14.9. The molecular formula is C23H18Cl2N2O4. The van der Waals surface area contributed by atoms with Crippen LogP contribution < -0.4 is 10.6 Å². The molecule has 0 unspecified atom stereocenters. The van der Waals surface area contributed by atoms with Crippen molar-refractivity contribution in [3.63, 3.8) is 0 Å². The zero-order valence-electron chi connectivity index (χ0n) is 16.2. The Labute approximate surface area is 189 Å². The smallest absolute Gasteiger partial charge is 0.325 e. The highest BCUT2D eigenvalue weighted by Gasteiger charge is 2.13. The Kier molecular flexibility index (Phi) is 7.65. The summed E-state index contributed by atoms with van der Waals surface area (Å²) in [6.45, 7) is -0.915. The monoisotopic (exact) mass is 456 g/mol. The fourth-order valence-electron chi connectivity index (χ4n) is 2.69. The Morgan fingerprint density at radius 1 is 0.774 bits per heavy atom. The van der Waals surface area contributed by atoms with Crippen molar-refractivity contribution >= 4 is 46.7 Å². The Hall–Kier alpha value is -3.35. The standard InChI is InChI=1S/C23H18Cl2N2O4/c24-18-7-4-8-19(25)22(18)27-20(28)14-31-21(29)13-26-23(30)17-11-9-16(10-12-17)15-5-2-1-3-6-15/h1-12H,13-14H2,(H,26,30)(H,27,28). The zero-order chi connectivity index (χ0) is 22.2. The normalized spacial score (nSPS) is 10.3. The predicted octanol–water partition coefficient (Wildman–Crippen LogP) is 4.57. The van der Waals surface area contributed by atoms with Gasteiger partial charge in [0.1, 0.15) is 6.54 Å². The minimum Gasteiger partial charge on any atom is -0.454 e. The average molecular weight is 457 g/mol. The van der Waals surface area contributed by atoms with E-state index in [-0.39, 0.29) is 22.3 Å². The van der Waals surface area contributed by atoms with Gasteiger partial charge in [0.25, 0.3) is 11.8 Å². The van der Waals surface area contributed by atoms with Gasteiger partial charge in [0.05, 0.1) is 15.7 Å². The molecule has 0 aliphatic heterocycles. The van der Waals surface area contributed by atoms with Crippen molar-refractivity contribution in [2.75, 3.05) is 18.5 Å². The van der Waals surface area contributed by atoms with Gasteiger partial charge >= 0.3 is 5.97 Å². The van der Waals surface area contributed by atoms with Gasteiger partial charge in [-0.15, -0.1) is 0 Å². The SMILES string of the molecule is O=C(COC(=O)CNC(=O)c1ccc(-c2ccccc2)cc1)Nc1c(Cl)cccc1Cl. The van der Waals surface area contributed by atoms with E-state index in [0.29, 0.717) is 5.56 Å². The molecule has 0 spiro atoms. The van der Waals surface area contributed by atoms with Crippen molar-refractivity contribution in [3.8, 4) is 11.1 Å². The van der Waals surface area contributed by atoms with Gasteiger partial charge in [-0.3, -0.25) is 14.4 Å². The lowest BCUT2D eigenvalue weighted by Gasteiger charge is -2.10. The molecule has 0 aromatic heterocycles. The van der Waals surface area contributed by atoms with E-state index in [0.717, 1.165) is 11.1 Å². The van der Waals surface area contributed by atoms with Crippen molar-refractivity contribution in [2.45, 2.75) is 0 Å². The number of hydrogen-bond donors (Lipinski definition) is 2. The summed E-state index contributed by atoms with van der Waals surface area (Å²) in [6.07, 6.45) is 0. The van der Waals surface area contributed by atoms with E-state index in [9.17, 15) is 14.4 Å². The molecule has 0 aliphatic rings. The van der Waals surface area contributed by atoms with E-state index in [4.69, 9.17) is 27.9 Å². The first kappa shape index (κ1) is 22.3. The van der Waals surface area contributed by atoms with Crippen LogP contribution in [0.25, 0.3) is 11.1 Å². The number of carbonyl (C=O) groups excluding carboxylic acids is 3. The fourth-order valence-corrected chi connectivity index (χ4v) is 3.18. The Bertz CT molecular complexity index is 1070. The van der Waals surface area contributed by atoms with E-state index >= 15 is 0 Å². The van der Waals surface area contributed by atoms with Gasteiger partial charge in [-0.05, 0) is 35.4 Å². The quantitative estimate of drug-likeness (QED) is 0.509. The molecule has 3 rings (SSSR count). The van der Waals surface area contributed by atoms with Gasteiger partial charge in [0.15, 0.2) is 6.61 Å². The van der Waals surface area contributed by atoms with Gasteiger partial charge < -0.3 is 15.4 Å². The number of anilines is 1. The summed E-state index contributed by atoms with van der Waals surface area (Å²) in [7, 11) is 0. The van der Waals surface area contributed by atoms with Crippen LogP contribution in [0.1, 0.15) is 10.4 Å². The number of benzene rings is 3. The number of rotatable bonds is 7. The van der Waals surface area contributed by atoms with Gasteiger partial charge in [0.2, 0.25) is 0 Å². The van der Waals surface area contributed by atoms with Crippen LogP contribution in [0.3, 0.4) is 0 Å². The molecule has 0 saturated carbocycles. The number of ether oxygens (including phenoxy) is 1. The van der Waals surface area contributed by atoms with Gasteiger partial charge in [-0.1, -0.05) is 71.7 Å².